The number of hydrogen-bond acceptors (Lipinski definition) is 5. The molecule has 1 amide bonds. The number of aromatic amines is 1. The molecule has 0 fully saturated rings. The van der Waals surface area contributed by atoms with Gasteiger partial charge in [0.1, 0.15) is 6.61 Å². The normalized spacial score (nSPS) is 13.4. The van der Waals surface area contributed by atoms with Gasteiger partial charge in [0.15, 0.2) is 11.6 Å². The molecule has 4 aromatic rings. The van der Waals surface area contributed by atoms with E-state index < -0.39 is 5.82 Å². The Balaban J connectivity index is 1.56. The highest BCUT2D eigenvalue weighted by atomic mass is 19.1. The van der Waals surface area contributed by atoms with Crippen LogP contribution in [-0.2, 0) is 28.9 Å². The lowest BCUT2D eigenvalue weighted by atomic mass is 9.96. The first-order valence-electron chi connectivity index (χ1n) is 11.3. The molecule has 2 aromatic heterocycles. The number of aliphatic hydroxyl groups is 1. The van der Waals surface area contributed by atoms with E-state index >= 15 is 0 Å². The monoisotopic (exact) mass is 463 g/mol. The Morgan fingerprint density at radius 3 is 2.91 bits per heavy atom. The zero-order valence-electron chi connectivity index (χ0n) is 18.9. The first-order valence-corrected chi connectivity index (χ1v) is 11.3. The number of benzene rings is 2. The Labute approximate surface area is 196 Å². The van der Waals surface area contributed by atoms with Crippen molar-refractivity contribution in [1.29, 1.82) is 0 Å². The van der Waals surface area contributed by atoms with Gasteiger partial charge in [0.25, 0.3) is 0 Å². The highest BCUT2D eigenvalue weighted by Crippen LogP contribution is 2.35. The summed E-state index contributed by atoms with van der Waals surface area (Å²) in [5.41, 5.74) is 5.54. The van der Waals surface area contributed by atoms with Crippen molar-refractivity contribution >= 4 is 27.7 Å². The number of carbonyl (C=O) groups is 1. The second-order valence-corrected chi connectivity index (χ2v) is 8.39. The third-order valence-electron chi connectivity index (χ3n) is 6.29. The Kier molecular flexibility index (Phi) is 6.17. The largest absolute Gasteiger partial charge is 0.494 e. The number of pyridine rings is 1. The third kappa shape index (κ3) is 4.10. The maximum absolute atomic E-state index is 14.4. The number of methoxy groups -OCH3 is 1. The van der Waals surface area contributed by atoms with Crippen molar-refractivity contribution < 1.29 is 23.8 Å². The molecule has 0 saturated heterocycles. The van der Waals surface area contributed by atoms with Crippen LogP contribution >= 0.6 is 0 Å². The Morgan fingerprint density at radius 2 is 2.12 bits per heavy atom. The summed E-state index contributed by atoms with van der Waals surface area (Å²) >= 11 is 0. The van der Waals surface area contributed by atoms with Crippen molar-refractivity contribution in [3.63, 3.8) is 0 Å². The molecule has 0 spiro atoms. The minimum atomic E-state index is -0.412. The molecule has 5 rings (SSSR count). The fraction of sp³-hybridized carbons (Fsp3) is 0.308. The maximum Gasteiger partial charge on any atom is 0.248 e. The molecule has 2 N–H and O–H groups in total. The summed E-state index contributed by atoms with van der Waals surface area (Å²) in [4.78, 5) is 22.8. The van der Waals surface area contributed by atoms with E-state index in [2.05, 4.69) is 11.1 Å². The van der Waals surface area contributed by atoms with Crippen LogP contribution in [0.5, 0.6) is 5.75 Å². The van der Waals surface area contributed by atoms with Crippen molar-refractivity contribution in [2.75, 3.05) is 33.5 Å². The smallest absolute Gasteiger partial charge is 0.248 e. The number of hydrogen-bond donors (Lipinski definition) is 2. The summed E-state index contributed by atoms with van der Waals surface area (Å²) in [5.74, 6) is -0.334. The number of rotatable bonds is 7. The zero-order valence-corrected chi connectivity index (χ0v) is 18.9. The Hall–Kier alpha value is -3.49. The molecule has 7 nitrogen and oxygen atoms in total. The topological polar surface area (TPSA) is 87.7 Å². The molecule has 2 aromatic carbocycles. The van der Waals surface area contributed by atoms with Crippen molar-refractivity contribution in [3.8, 4) is 5.75 Å². The van der Waals surface area contributed by atoms with Crippen LogP contribution in [0.1, 0.15) is 22.5 Å². The summed E-state index contributed by atoms with van der Waals surface area (Å²) in [6.07, 6.45) is 1.12. The first-order chi connectivity index (χ1) is 16.6. The summed E-state index contributed by atoms with van der Waals surface area (Å²) < 4.78 is 24.6. The van der Waals surface area contributed by atoms with E-state index in [0.717, 1.165) is 44.3 Å². The molecular weight excluding hydrogens is 437 g/mol. The first kappa shape index (κ1) is 22.3. The maximum atomic E-state index is 14.4. The molecule has 1 aliphatic rings. The van der Waals surface area contributed by atoms with Gasteiger partial charge in [-0.25, -0.2) is 4.39 Å². The van der Waals surface area contributed by atoms with Crippen LogP contribution in [0.3, 0.4) is 0 Å². The number of halogens is 1. The quantitative estimate of drug-likeness (QED) is 0.411. The highest BCUT2D eigenvalue weighted by Gasteiger charge is 2.26. The highest BCUT2D eigenvalue weighted by molar-refractivity contribution is 6.10. The number of aromatic nitrogens is 2. The van der Waals surface area contributed by atoms with Crippen molar-refractivity contribution in [1.82, 2.24) is 14.9 Å². The number of H-pyrrole nitrogens is 1. The SMILES string of the molecule is COc1ccc(Cc2nc3c(c4c2[nH]c2ccccc24)CCN(C(=O)COCCO)C3)cc1F. The Morgan fingerprint density at radius 1 is 1.26 bits per heavy atom. The van der Waals surface area contributed by atoms with Crippen LogP contribution in [0.4, 0.5) is 4.39 Å². The fourth-order valence-corrected chi connectivity index (χ4v) is 4.68. The lowest BCUT2D eigenvalue weighted by Crippen LogP contribution is -2.39. The van der Waals surface area contributed by atoms with E-state index in [-0.39, 0.29) is 31.5 Å². The zero-order chi connectivity index (χ0) is 23.7. The van der Waals surface area contributed by atoms with E-state index in [4.69, 9.17) is 19.6 Å². The average molecular weight is 464 g/mol. The number of para-hydroxylation sites is 1. The molecule has 0 saturated carbocycles. The molecule has 0 aliphatic carbocycles. The summed E-state index contributed by atoms with van der Waals surface area (Å²) in [6, 6.07) is 13.1. The van der Waals surface area contributed by atoms with Crippen molar-refractivity contribution in [2.24, 2.45) is 0 Å². The van der Waals surface area contributed by atoms with Gasteiger partial charge in [0, 0.05) is 29.3 Å². The number of nitrogens with one attached hydrogen (secondary N) is 1. The van der Waals surface area contributed by atoms with Gasteiger partial charge < -0.3 is 24.5 Å². The van der Waals surface area contributed by atoms with Crippen molar-refractivity contribution in [3.05, 3.63) is 70.8 Å². The van der Waals surface area contributed by atoms with Crippen LogP contribution in [-0.4, -0.2) is 59.4 Å². The standard InChI is InChI=1S/C26H26FN3O4/c1-33-23-7-6-16(12-19(23)27)13-21-26-25(17-4-2-3-5-20(17)29-26)18-8-9-30(14-22(18)28-21)24(32)15-34-11-10-31/h2-7,12,29,31H,8-11,13-15H2,1H3. The van der Waals surface area contributed by atoms with Gasteiger partial charge in [0.2, 0.25) is 5.91 Å². The summed E-state index contributed by atoms with van der Waals surface area (Å²) in [6.45, 7) is 0.908. The van der Waals surface area contributed by atoms with Crippen LogP contribution in [0.2, 0.25) is 0 Å². The second kappa shape index (κ2) is 9.40. The van der Waals surface area contributed by atoms with Crippen LogP contribution in [0, 0.1) is 5.82 Å². The molecule has 8 heteroatoms. The second-order valence-electron chi connectivity index (χ2n) is 8.39. The fourth-order valence-electron chi connectivity index (χ4n) is 4.68. The van der Waals surface area contributed by atoms with E-state index in [1.54, 1.807) is 11.0 Å². The summed E-state index contributed by atoms with van der Waals surface area (Å²) in [5, 5.41) is 11.1. The number of amides is 1. The molecule has 34 heavy (non-hydrogen) atoms. The minimum absolute atomic E-state index is 0.0663. The molecule has 0 atom stereocenters. The lowest BCUT2D eigenvalue weighted by Gasteiger charge is -2.29. The average Bonchev–Trinajstić information content (AvgIpc) is 3.24. The van der Waals surface area contributed by atoms with Crippen LogP contribution in [0.15, 0.2) is 42.5 Å². The van der Waals surface area contributed by atoms with Gasteiger partial charge in [-0.15, -0.1) is 0 Å². The number of carbonyl (C=O) groups excluding carboxylic acids is 1. The van der Waals surface area contributed by atoms with Crippen LogP contribution < -0.4 is 4.74 Å². The van der Waals surface area contributed by atoms with Crippen LogP contribution in [0.25, 0.3) is 21.8 Å². The van der Waals surface area contributed by atoms with Gasteiger partial charge in [-0.3, -0.25) is 9.78 Å². The van der Waals surface area contributed by atoms with Gasteiger partial charge in [0.05, 0.1) is 43.8 Å². The van der Waals surface area contributed by atoms with Gasteiger partial charge in [-0.05, 0) is 35.7 Å². The Bertz CT molecular complexity index is 1370. The minimum Gasteiger partial charge on any atom is -0.494 e. The molecular formula is C26H26FN3O4. The number of ether oxygens (including phenoxy) is 2. The summed E-state index contributed by atoms with van der Waals surface area (Å²) in [7, 11) is 1.44. The van der Waals surface area contributed by atoms with E-state index in [9.17, 15) is 9.18 Å². The third-order valence-corrected chi connectivity index (χ3v) is 6.29. The number of fused-ring (bicyclic) bond motifs is 5. The molecule has 1 aliphatic heterocycles. The van der Waals surface area contributed by atoms with E-state index in [1.165, 1.54) is 13.2 Å². The predicted molar refractivity (Wildman–Crippen MR) is 126 cm³/mol. The van der Waals surface area contributed by atoms with E-state index in [1.807, 2.05) is 24.3 Å². The van der Waals surface area contributed by atoms with Gasteiger partial charge in [-0.1, -0.05) is 24.3 Å². The van der Waals surface area contributed by atoms with Gasteiger partial charge in [-0.2, -0.15) is 0 Å². The predicted octanol–water partition coefficient (Wildman–Crippen LogP) is 3.35. The number of aliphatic hydroxyl groups excluding tert-OH is 1. The number of nitrogens with zero attached hydrogens (tertiary/aromatic N) is 2. The molecule has 0 unspecified atom stereocenters. The van der Waals surface area contributed by atoms with Crippen molar-refractivity contribution in [2.45, 2.75) is 19.4 Å². The van der Waals surface area contributed by atoms with Gasteiger partial charge >= 0.3 is 0 Å². The molecule has 0 radical (unpaired) electrons. The van der Waals surface area contributed by atoms with E-state index in [0.29, 0.717) is 25.9 Å². The molecule has 176 valence electrons. The molecule has 3 heterocycles. The molecule has 0 bridgehead atoms. The lowest BCUT2D eigenvalue weighted by molar-refractivity contribution is -0.137.